The van der Waals surface area contributed by atoms with Crippen LogP contribution in [-0.2, 0) is 26.4 Å². The van der Waals surface area contributed by atoms with Crippen LogP contribution >= 0.6 is 0 Å². The number of aryl methyl sites for hydroxylation is 2. The molecule has 2 N–H and O–H groups in total. The Bertz CT molecular complexity index is 3250. The van der Waals surface area contributed by atoms with Gasteiger partial charge < -0.3 is 14.2 Å². The van der Waals surface area contributed by atoms with Crippen molar-refractivity contribution in [2.75, 3.05) is 19.8 Å². The summed E-state index contributed by atoms with van der Waals surface area (Å²) in [5.41, 5.74) is 4.52. The predicted molar refractivity (Wildman–Crippen MR) is 236 cm³/mol. The SMILES string of the molecule is Cc1cc(-n2nc3c(c2-n2ccn(-c4ccc([S@@](=N)(=O)C5CC5)cc4)c2=O)[C@H](C)N(C(=O)c2cc4cc(C5CCOCC5)ccc4n2[C@@]2(c4noc(=O)[nH]4)C[C@@H]2C)CC3)cc(C)c1F. The molecule has 15 nitrogen and oxygen atoms in total. The van der Waals surface area contributed by atoms with Crippen LogP contribution in [-0.4, -0.2) is 73.6 Å². The van der Waals surface area contributed by atoms with Crippen molar-refractivity contribution in [3.05, 3.63) is 139 Å². The lowest BCUT2D eigenvalue weighted by atomic mass is 9.91. The van der Waals surface area contributed by atoms with Crippen LogP contribution in [0.5, 0.6) is 0 Å². The molecule has 11 rings (SSSR count). The zero-order valence-corrected chi connectivity index (χ0v) is 36.8. The van der Waals surface area contributed by atoms with E-state index in [4.69, 9.17) is 19.1 Å². The summed E-state index contributed by atoms with van der Waals surface area (Å²) in [6, 6.07) is 17.8. The average molecular weight is 886 g/mol. The third kappa shape index (κ3) is 6.21. The Labute approximate surface area is 367 Å². The molecule has 2 aliphatic carbocycles. The van der Waals surface area contributed by atoms with Crippen molar-refractivity contribution in [2.45, 2.75) is 93.9 Å². The number of carbonyl (C=O) groups is 1. The minimum Gasteiger partial charge on any atom is -0.381 e. The minimum absolute atomic E-state index is 0.0183. The van der Waals surface area contributed by atoms with Crippen molar-refractivity contribution >= 4 is 26.5 Å². The maximum atomic E-state index is 15.5. The van der Waals surface area contributed by atoms with E-state index >= 15 is 9.18 Å². The molecule has 330 valence electrons. The molecule has 0 unspecified atom stereocenters. The van der Waals surface area contributed by atoms with E-state index in [0.717, 1.165) is 36.6 Å². The van der Waals surface area contributed by atoms with Crippen LogP contribution in [0.15, 0.2) is 92.1 Å². The molecule has 6 heterocycles. The number of hydrogen-bond donors (Lipinski definition) is 2. The first kappa shape index (κ1) is 40.4. The van der Waals surface area contributed by atoms with Crippen molar-refractivity contribution in [1.82, 2.24) is 38.5 Å². The molecule has 1 saturated heterocycles. The van der Waals surface area contributed by atoms with Gasteiger partial charge in [-0.2, -0.15) is 5.10 Å². The smallest absolute Gasteiger partial charge is 0.381 e. The molecule has 0 bridgehead atoms. The van der Waals surface area contributed by atoms with Crippen LogP contribution in [0.25, 0.3) is 28.1 Å². The van der Waals surface area contributed by atoms with E-state index < -0.39 is 32.8 Å². The first-order chi connectivity index (χ1) is 30.8. The van der Waals surface area contributed by atoms with Crippen LogP contribution in [0.1, 0.15) is 102 Å². The Balaban J connectivity index is 1.04. The van der Waals surface area contributed by atoms with Gasteiger partial charge in [-0.25, -0.2) is 27.6 Å². The lowest BCUT2D eigenvalue weighted by Crippen LogP contribution is -2.41. The number of imidazole rings is 1. The zero-order chi connectivity index (χ0) is 44.4. The third-order valence-corrected chi connectivity index (χ3v) is 16.5. The Morgan fingerprint density at radius 3 is 2.30 bits per heavy atom. The van der Waals surface area contributed by atoms with Crippen molar-refractivity contribution in [1.29, 1.82) is 4.78 Å². The van der Waals surface area contributed by atoms with Crippen molar-refractivity contribution in [3.63, 3.8) is 0 Å². The highest BCUT2D eigenvalue weighted by Crippen LogP contribution is 2.56. The molecule has 0 radical (unpaired) electrons. The van der Waals surface area contributed by atoms with Gasteiger partial charge in [-0.15, -0.1) is 0 Å². The quantitative estimate of drug-likeness (QED) is 0.153. The van der Waals surface area contributed by atoms with Gasteiger partial charge in [-0.05, 0) is 136 Å². The van der Waals surface area contributed by atoms with Gasteiger partial charge in [0.05, 0.1) is 32.8 Å². The van der Waals surface area contributed by atoms with Gasteiger partial charge in [0.1, 0.15) is 22.9 Å². The molecule has 3 aromatic carbocycles. The minimum atomic E-state index is -2.93. The molecule has 4 atom stereocenters. The number of amides is 1. The van der Waals surface area contributed by atoms with E-state index in [9.17, 15) is 13.8 Å². The fourth-order valence-electron chi connectivity index (χ4n) is 10.3. The summed E-state index contributed by atoms with van der Waals surface area (Å²) < 4.78 is 54.2. The standard InChI is InChI=1S/C47H48FN9O6S/c1-26-21-34(22-27(2)41(26)48)57-42(55-18-17-54(46(55)60)33-6-8-35(9-7-33)64(49,61)36-10-11-36)40-29(4)53(16-13-37(40)51-57)43(58)39-24-32-23-31(30-14-19-62-20-15-30)5-12-38(32)56(39)47(25-28(47)3)44-50-45(59)63-52-44/h5-9,12,17-18,21-24,28-30,36,49H,10-11,13-16,19-20,25H2,1-4H3,(H,50,52,59)/t28-,29-,47-,64+/m0/s1. The van der Waals surface area contributed by atoms with Gasteiger partial charge in [0, 0.05) is 65.2 Å². The second kappa shape index (κ2) is 14.6. The normalized spacial score (nSPS) is 22.2. The molecule has 2 saturated carbocycles. The molecule has 4 aromatic heterocycles. The predicted octanol–water partition coefficient (Wildman–Crippen LogP) is 7.21. The van der Waals surface area contributed by atoms with E-state index in [1.165, 1.54) is 14.7 Å². The topological polar surface area (TPSA) is 179 Å². The number of aromatic nitrogens is 7. The van der Waals surface area contributed by atoms with Crippen molar-refractivity contribution < 1.29 is 22.7 Å². The number of hydrogen-bond acceptors (Lipinski definition) is 9. The van der Waals surface area contributed by atoms with Crippen LogP contribution in [0.3, 0.4) is 0 Å². The molecule has 7 aromatic rings. The molecular formula is C47H48FN9O6S. The zero-order valence-electron chi connectivity index (χ0n) is 36.0. The maximum Gasteiger partial charge on any atom is 0.438 e. The van der Waals surface area contributed by atoms with Crippen molar-refractivity contribution in [2.24, 2.45) is 5.92 Å². The number of carbonyl (C=O) groups excluding carboxylic acids is 1. The van der Waals surface area contributed by atoms with E-state index in [0.29, 0.717) is 94.5 Å². The number of rotatable bonds is 9. The van der Waals surface area contributed by atoms with Crippen LogP contribution < -0.4 is 11.4 Å². The number of nitrogens with one attached hydrogen (secondary N) is 2. The van der Waals surface area contributed by atoms with E-state index in [1.54, 1.807) is 67.3 Å². The van der Waals surface area contributed by atoms with Gasteiger partial charge >= 0.3 is 11.4 Å². The fraction of sp³-hybridized carbons (Fsp3) is 0.383. The fourth-order valence-corrected chi connectivity index (χ4v) is 12.1. The van der Waals surface area contributed by atoms with Gasteiger partial charge in [-0.3, -0.25) is 23.4 Å². The van der Waals surface area contributed by atoms with E-state index in [-0.39, 0.29) is 22.9 Å². The second-order valence-corrected chi connectivity index (χ2v) is 20.4. The Hall–Kier alpha value is -6.33. The Morgan fingerprint density at radius 1 is 0.938 bits per heavy atom. The maximum absolute atomic E-state index is 15.5. The lowest BCUT2D eigenvalue weighted by Gasteiger charge is -2.34. The number of benzene rings is 3. The first-order valence-electron chi connectivity index (χ1n) is 21.9. The summed E-state index contributed by atoms with van der Waals surface area (Å²) in [5.74, 6) is -0.0986. The highest BCUT2D eigenvalue weighted by atomic mass is 32.2. The summed E-state index contributed by atoms with van der Waals surface area (Å²) >= 11 is 0. The van der Waals surface area contributed by atoms with Crippen LogP contribution in [0.4, 0.5) is 4.39 Å². The average Bonchev–Trinajstić information content (AvgIpc) is 4.03. The monoisotopic (exact) mass is 885 g/mol. The first-order valence-corrected chi connectivity index (χ1v) is 23.6. The van der Waals surface area contributed by atoms with Gasteiger partial charge in [-0.1, -0.05) is 18.1 Å². The van der Waals surface area contributed by atoms with Crippen molar-refractivity contribution in [3.8, 4) is 17.2 Å². The van der Waals surface area contributed by atoms with Crippen LogP contribution in [0.2, 0.25) is 0 Å². The molecular weight excluding hydrogens is 838 g/mol. The van der Waals surface area contributed by atoms with Crippen LogP contribution in [0, 0.1) is 30.4 Å². The largest absolute Gasteiger partial charge is 0.438 e. The number of H-pyrrole nitrogens is 1. The molecule has 4 aliphatic rings. The highest BCUT2D eigenvalue weighted by molar-refractivity contribution is 7.93. The van der Waals surface area contributed by atoms with E-state index in [2.05, 4.69) is 35.3 Å². The lowest BCUT2D eigenvalue weighted by molar-refractivity contribution is 0.0663. The second-order valence-electron chi connectivity index (χ2n) is 18.1. The summed E-state index contributed by atoms with van der Waals surface area (Å²) in [7, 11) is -2.93. The Morgan fingerprint density at radius 2 is 1.64 bits per heavy atom. The molecule has 1 amide bonds. The molecule has 3 fully saturated rings. The number of nitrogens with zero attached hydrogens (tertiary/aromatic N) is 7. The summed E-state index contributed by atoms with van der Waals surface area (Å²) in [6.45, 7) is 9.11. The number of ether oxygens (including phenoxy) is 1. The van der Waals surface area contributed by atoms with Gasteiger partial charge in [0.15, 0.2) is 5.82 Å². The summed E-state index contributed by atoms with van der Waals surface area (Å²) in [6.07, 6.45) is 7.66. The molecule has 2 aliphatic heterocycles. The highest BCUT2D eigenvalue weighted by Gasteiger charge is 2.59. The summed E-state index contributed by atoms with van der Waals surface area (Å²) in [5, 5.41) is 10.0. The number of aromatic amines is 1. The molecule has 17 heteroatoms. The van der Waals surface area contributed by atoms with Gasteiger partial charge in [0.2, 0.25) is 0 Å². The molecule has 0 spiro atoms. The molecule has 64 heavy (non-hydrogen) atoms. The van der Waals surface area contributed by atoms with Gasteiger partial charge in [0.25, 0.3) is 5.91 Å². The van der Waals surface area contributed by atoms with E-state index in [1.807, 2.05) is 22.5 Å². The summed E-state index contributed by atoms with van der Waals surface area (Å²) in [4.78, 5) is 47.5. The Kier molecular flexibility index (Phi) is 9.23. The third-order valence-electron chi connectivity index (χ3n) is 14.1. The number of halogens is 1. The number of fused-ring (bicyclic) bond motifs is 2.